The molecule has 0 spiro atoms. The van der Waals surface area contributed by atoms with Gasteiger partial charge in [0.15, 0.2) is 5.69 Å². The number of aryl methyl sites for hydroxylation is 2. The van der Waals surface area contributed by atoms with E-state index in [0.29, 0.717) is 32.1 Å². The fraction of sp³-hybridized carbons (Fsp3) is 0.0833. The number of benzene rings is 3. The van der Waals surface area contributed by atoms with Crippen LogP contribution in [0.4, 0.5) is 0 Å². The summed E-state index contributed by atoms with van der Waals surface area (Å²) in [6.07, 6.45) is 1.41. The summed E-state index contributed by atoms with van der Waals surface area (Å²) in [4.78, 5) is 26.0. The van der Waals surface area contributed by atoms with Crippen LogP contribution in [0.5, 0.6) is 0 Å². The van der Waals surface area contributed by atoms with Gasteiger partial charge in [0.1, 0.15) is 0 Å². The molecular formula is C24H18Cl2N4O2. The molecule has 0 fully saturated rings. The van der Waals surface area contributed by atoms with Gasteiger partial charge in [0, 0.05) is 16.0 Å². The van der Waals surface area contributed by atoms with Gasteiger partial charge in [-0.15, -0.1) is 0 Å². The van der Waals surface area contributed by atoms with Crippen molar-refractivity contribution >= 4 is 46.1 Å². The molecule has 160 valence electrons. The summed E-state index contributed by atoms with van der Waals surface area (Å²) in [6, 6.07) is 17.4. The van der Waals surface area contributed by atoms with Crippen molar-refractivity contribution in [2.24, 2.45) is 5.10 Å². The molecule has 0 saturated heterocycles. The molecule has 1 heterocycles. The maximum absolute atomic E-state index is 13.1. The quantitative estimate of drug-likeness (QED) is 0.338. The van der Waals surface area contributed by atoms with Crippen molar-refractivity contribution in [2.45, 2.75) is 13.8 Å². The number of fused-ring (bicyclic) bond motifs is 1. The van der Waals surface area contributed by atoms with Gasteiger partial charge >= 0.3 is 0 Å². The lowest BCUT2D eigenvalue weighted by Gasteiger charge is -2.11. The molecule has 0 unspecified atom stereocenters. The van der Waals surface area contributed by atoms with E-state index in [9.17, 15) is 9.59 Å². The largest absolute Gasteiger partial charge is 0.292 e. The maximum Gasteiger partial charge on any atom is 0.292 e. The third-order valence-corrected chi connectivity index (χ3v) is 5.65. The monoisotopic (exact) mass is 464 g/mol. The summed E-state index contributed by atoms with van der Waals surface area (Å²) >= 11 is 12.0. The van der Waals surface area contributed by atoms with E-state index in [1.54, 1.807) is 48.5 Å². The summed E-state index contributed by atoms with van der Waals surface area (Å²) in [6.45, 7) is 3.94. The lowest BCUT2D eigenvalue weighted by molar-refractivity contribution is 0.0950. The third-order valence-electron chi connectivity index (χ3n) is 5.09. The van der Waals surface area contributed by atoms with Gasteiger partial charge in [0.25, 0.3) is 11.5 Å². The van der Waals surface area contributed by atoms with Crippen LogP contribution in [0.15, 0.2) is 70.6 Å². The predicted octanol–water partition coefficient (Wildman–Crippen LogP) is 5.07. The van der Waals surface area contributed by atoms with E-state index in [4.69, 9.17) is 23.2 Å². The first kappa shape index (κ1) is 21.7. The van der Waals surface area contributed by atoms with E-state index < -0.39 is 5.91 Å². The number of nitrogens with one attached hydrogen (secondary N) is 1. The highest BCUT2D eigenvalue weighted by Gasteiger charge is 2.17. The first-order chi connectivity index (χ1) is 15.3. The Balaban J connectivity index is 1.75. The minimum absolute atomic E-state index is 0.0813. The van der Waals surface area contributed by atoms with Crippen molar-refractivity contribution in [3.63, 3.8) is 0 Å². The number of nitrogens with zero attached hydrogens (tertiary/aromatic N) is 3. The number of hydrogen-bond acceptors (Lipinski definition) is 4. The van der Waals surface area contributed by atoms with Crippen LogP contribution >= 0.6 is 23.2 Å². The van der Waals surface area contributed by atoms with Crippen molar-refractivity contribution in [3.8, 4) is 5.69 Å². The highest BCUT2D eigenvalue weighted by atomic mass is 35.5. The predicted molar refractivity (Wildman–Crippen MR) is 128 cm³/mol. The van der Waals surface area contributed by atoms with E-state index in [2.05, 4.69) is 15.6 Å². The molecule has 3 aromatic carbocycles. The molecule has 4 rings (SSSR count). The average molecular weight is 465 g/mol. The molecule has 8 heteroatoms. The Labute approximate surface area is 194 Å². The number of hydrogen-bond donors (Lipinski definition) is 1. The minimum atomic E-state index is -0.555. The molecule has 0 aliphatic carbocycles. The van der Waals surface area contributed by atoms with Crippen LogP contribution in [-0.2, 0) is 0 Å². The maximum atomic E-state index is 13.1. The first-order valence-corrected chi connectivity index (χ1v) is 10.5. The second-order valence-corrected chi connectivity index (χ2v) is 8.09. The minimum Gasteiger partial charge on any atom is -0.267 e. The van der Waals surface area contributed by atoms with Crippen LogP contribution < -0.4 is 11.0 Å². The molecule has 0 bridgehead atoms. The molecule has 1 aromatic heterocycles. The Kier molecular flexibility index (Phi) is 6.08. The fourth-order valence-electron chi connectivity index (χ4n) is 3.21. The molecule has 4 aromatic rings. The smallest absolute Gasteiger partial charge is 0.267 e. The fourth-order valence-corrected chi connectivity index (χ4v) is 3.67. The Bertz CT molecular complexity index is 1440. The topological polar surface area (TPSA) is 76.3 Å². The zero-order chi connectivity index (χ0) is 22.8. The SMILES string of the molecule is Cc1ccc(-n2nc(C(=O)N/N=C/c3ccc(Cl)cc3Cl)c3ccccc3c2=O)cc1C. The standard InChI is InChI=1S/C24H18Cl2N4O2/c1-14-7-10-18(11-15(14)2)30-24(32)20-6-4-3-5-19(20)22(29-30)23(31)28-27-13-16-8-9-17(25)12-21(16)26/h3-13H,1-2H3,(H,28,31)/b27-13+. The van der Waals surface area contributed by atoms with Crippen LogP contribution in [0, 0.1) is 13.8 Å². The van der Waals surface area contributed by atoms with Crippen LogP contribution in [0.1, 0.15) is 27.2 Å². The van der Waals surface area contributed by atoms with Gasteiger partial charge in [0.05, 0.1) is 22.3 Å². The van der Waals surface area contributed by atoms with Crippen molar-refractivity contribution in [1.29, 1.82) is 0 Å². The molecule has 1 N–H and O–H groups in total. The molecule has 0 aliphatic heterocycles. The van der Waals surface area contributed by atoms with Gasteiger partial charge in [-0.05, 0) is 55.3 Å². The number of hydrazone groups is 1. The summed E-state index contributed by atoms with van der Waals surface area (Å²) in [5.74, 6) is -0.555. The second kappa shape index (κ2) is 8.94. The summed E-state index contributed by atoms with van der Waals surface area (Å²) in [5, 5.41) is 10.1. The Hall–Kier alpha value is -3.48. The van der Waals surface area contributed by atoms with Crippen LogP contribution in [0.3, 0.4) is 0 Å². The molecule has 1 amide bonds. The lowest BCUT2D eigenvalue weighted by Crippen LogP contribution is -2.28. The Morgan fingerprint density at radius 1 is 1.00 bits per heavy atom. The van der Waals surface area contributed by atoms with E-state index in [0.717, 1.165) is 11.1 Å². The van der Waals surface area contributed by atoms with Gasteiger partial charge in [-0.2, -0.15) is 14.9 Å². The van der Waals surface area contributed by atoms with Gasteiger partial charge in [-0.1, -0.05) is 53.5 Å². The molecule has 0 aliphatic rings. The van der Waals surface area contributed by atoms with E-state index in [-0.39, 0.29) is 11.3 Å². The van der Waals surface area contributed by atoms with Crippen LogP contribution in [-0.4, -0.2) is 21.9 Å². The van der Waals surface area contributed by atoms with E-state index in [1.165, 1.54) is 10.9 Å². The zero-order valence-electron chi connectivity index (χ0n) is 17.3. The third kappa shape index (κ3) is 4.28. The van der Waals surface area contributed by atoms with Crippen molar-refractivity contribution in [2.75, 3.05) is 0 Å². The summed E-state index contributed by atoms with van der Waals surface area (Å²) in [5.41, 5.74) is 5.51. The Morgan fingerprint density at radius 3 is 2.47 bits per heavy atom. The lowest BCUT2D eigenvalue weighted by atomic mass is 10.1. The second-order valence-electron chi connectivity index (χ2n) is 7.24. The van der Waals surface area contributed by atoms with Crippen LogP contribution in [0.25, 0.3) is 16.5 Å². The van der Waals surface area contributed by atoms with Crippen molar-refractivity contribution in [3.05, 3.63) is 103 Å². The first-order valence-electron chi connectivity index (χ1n) is 9.73. The van der Waals surface area contributed by atoms with Crippen molar-refractivity contribution < 1.29 is 4.79 Å². The highest BCUT2D eigenvalue weighted by molar-refractivity contribution is 6.36. The zero-order valence-corrected chi connectivity index (χ0v) is 18.8. The van der Waals surface area contributed by atoms with Gasteiger partial charge < -0.3 is 0 Å². The molecule has 0 saturated carbocycles. The highest BCUT2D eigenvalue weighted by Crippen LogP contribution is 2.20. The number of aromatic nitrogens is 2. The molecule has 6 nitrogen and oxygen atoms in total. The van der Waals surface area contributed by atoms with Crippen LogP contribution in [0.2, 0.25) is 10.0 Å². The number of carbonyl (C=O) groups is 1. The summed E-state index contributed by atoms with van der Waals surface area (Å²) in [7, 11) is 0. The number of halogens is 2. The molecular weight excluding hydrogens is 447 g/mol. The molecule has 0 atom stereocenters. The Morgan fingerprint density at radius 2 is 1.75 bits per heavy atom. The molecule has 32 heavy (non-hydrogen) atoms. The average Bonchev–Trinajstić information content (AvgIpc) is 2.77. The summed E-state index contributed by atoms with van der Waals surface area (Å²) < 4.78 is 1.24. The van der Waals surface area contributed by atoms with E-state index in [1.807, 2.05) is 26.0 Å². The number of carbonyl (C=O) groups excluding carboxylic acids is 1. The van der Waals surface area contributed by atoms with Gasteiger partial charge in [0.2, 0.25) is 0 Å². The van der Waals surface area contributed by atoms with Gasteiger partial charge in [-0.3, -0.25) is 9.59 Å². The number of rotatable bonds is 4. The normalized spacial score (nSPS) is 11.2. The van der Waals surface area contributed by atoms with E-state index >= 15 is 0 Å². The number of amides is 1. The van der Waals surface area contributed by atoms with Crippen molar-refractivity contribution in [1.82, 2.24) is 15.2 Å². The molecule has 0 radical (unpaired) electrons. The van der Waals surface area contributed by atoms with Gasteiger partial charge in [-0.25, -0.2) is 5.43 Å².